The highest BCUT2D eigenvalue weighted by Gasteiger charge is 2.24. The molecular weight excluding hydrogens is 305 g/mol. The van der Waals surface area contributed by atoms with Crippen LogP contribution >= 0.6 is 24.0 Å². The SMILES string of the molecule is Cl.O=[N+]([O-])c1cc([C@H](CO)N2CCNCC2)ccc1Cl. The van der Waals surface area contributed by atoms with Gasteiger partial charge in [-0.1, -0.05) is 17.7 Å². The molecule has 1 aromatic rings. The quantitative estimate of drug-likeness (QED) is 0.650. The Morgan fingerprint density at radius 1 is 1.45 bits per heavy atom. The molecule has 0 aliphatic carbocycles. The Kier molecular flexibility index (Phi) is 6.64. The lowest BCUT2D eigenvalue weighted by atomic mass is 10.0. The molecule has 1 aliphatic heterocycles. The van der Waals surface area contributed by atoms with Gasteiger partial charge in [-0.25, -0.2) is 0 Å². The van der Waals surface area contributed by atoms with Gasteiger partial charge in [0.25, 0.3) is 5.69 Å². The summed E-state index contributed by atoms with van der Waals surface area (Å²) in [4.78, 5) is 12.5. The third kappa shape index (κ3) is 3.80. The summed E-state index contributed by atoms with van der Waals surface area (Å²) in [7, 11) is 0. The summed E-state index contributed by atoms with van der Waals surface area (Å²) >= 11 is 5.80. The van der Waals surface area contributed by atoms with E-state index >= 15 is 0 Å². The fourth-order valence-electron chi connectivity index (χ4n) is 2.30. The third-order valence-electron chi connectivity index (χ3n) is 3.32. The van der Waals surface area contributed by atoms with Crippen molar-refractivity contribution in [3.05, 3.63) is 38.9 Å². The lowest BCUT2D eigenvalue weighted by Crippen LogP contribution is -2.46. The van der Waals surface area contributed by atoms with E-state index < -0.39 is 4.92 Å². The molecule has 0 saturated carbocycles. The number of aliphatic hydroxyl groups is 1. The van der Waals surface area contributed by atoms with Crippen LogP contribution in [0.15, 0.2) is 18.2 Å². The largest absolute Gasteiger partial charge is 0.394 e. The van der Waals surface area contributed by atoms with Crippen LogP contribution < -0.4 is 5.32 Å². The molecule has 0 aromatic heterocycles. The van der Waals surface area contributed by atoms with E-state index in [0.29, 0.717) is 0 Å². The van der Waals surface area contributed by atoms with Gasteiger partial charge in [-0.3, -0.25) is 15.0 Å². The molecule has 8 heteroatoms. The van der Waals surface area contributed by atoms with Crippen LogP contribution in [0.1, 0.15) is 11.6 Å². The first-order valence-electron chi connectivity index (χ1n) is 6.13. The van der Waals surface area contributed by atoms with Crippen LogP contribution in [0.25, 0.3) is 0 Å². The standard InChI is InChI=1S/C12H16ClN3O3.ClH/c13-10-2-1-9(7-11(10)16(18)19)12(8-17)15-5-3-14-4-6-15;/h1-2,7,12,14,17H,3-6,8H2;1H/t12-;/m0./s1. The Hall–Kier alpha value is -0.920. The topological polar surface area (TPSA) is 78.6 Å². The lowest BCUT2D eigenvalue weighted by molar-refractivity contribution is -0.384. The number of nitrogens with one attached hydrogen (secondary N) is 1. The Labute approximate surface area is 128 Å². The summed E-state index contributed by atoms with van der Waals surface area (Å²) in [5, 5.41) is 23.8. The molecule has 2 N–H and O–H groups in total. The van der Waals surface area contributed by atoms with Crippen LogP contribution in [-0.4, -0.2) is 47.7 Å². The van der Waals surface area contributed by atoms with Gasteiger partial charge in [-0.15, -0.1) is 12.4 Å². The molecule has 1 fully saturated rings. The Bertz CT molecular complexity index is 467. The number of benzene rings is 1. The van der Waals surface area contributed by atoms with Crippen molar-refractivity contribution in [2.24, 2.45) is 0 Å². The minimum atomic E-state index is -0.502. The smallest absolute Gasteiger partial charge is 0.288 e. The van der Waals surface area contributed by atoms with Crippen molar-refractivity contribution in [3.8, 4) is 0 Å². The molecule has 112 valence electrons. The summed E-state index contributed by atoms with van der Waals surface area (Å²) < 4.78 is 0. The molecule has 1 aromatic carbocycles. The highest BCUT2D eigenvalue weighted by atomic mass is 35.5. The number of piperazine rings is 1. The van der Waals surface area contributed by atoms with Gasteiger partial charge >= 0.3 is 0 Å². The fraction of sp³-hybridized carbons (Fsp3) is 0.500. The molecular formula is C12H17Cl2N3O3. The Balaban J connectivity index is 0.00000200. The van der Waals surface area contributed by atoms with E-state index in [9.17, 15) is 15.2 Å². The van der Waals surface area contributed by atoms with Gasteiger partial charge in [0.1, 0.15) is 5.02 Å². The van der Waals surface area contributed by atoms with Crippen molar-refractivity contribution < 1.29 is 10.0 Å². The summed E-state index contributed by atoms with van der Waals surface area (Å²) in [6.07, 6.45) is 0. The number of nitro benzene ring substituents is 1. The van der Waals surface area contributed by atoms with Crippen LogP contribution in [0.2, 0.25) is 5.02 Å². The molecule has 0 bridgehead atoms. The first kappa shape index (κ1) is 17.1. The molecule has 6 nitrogen and oxygen atoms in total. The van der Waals surface area contributed by atoms with Crippen molar-refractivity contribution in [1.82, 2.24) is 10.2 Å². The second-order valence-corrected chi connectivity index (χ2v) is 4.86. The van der Waals surface area contributed by atoms with Crippen LogP contribution in [0.5, 0.6) is 0 Å². The molecule has 0 amide bonds. The minimum Gasteiger partial charge on any atom is -0.394 e. The monoisotopic (exact) mass is 321 g/mol. The number of nitro groups is 1. The third-order valence-corrected chi connectivity index (χ3v) is 3.64. The number of rotatable bonds is 4. The van der Waals surface area contributed by atoms with E-state index in [0.717, 1.165) is 31.7 Å². The number of aliphatic hydroxyl groups excluding tert-OH is 1. The number of halogens is 2. The fourth-order valence-corrected chi connectivity index (χ4v) is 2.49. The van der Waals surface area contributed by atoms with E-state index in [1.807, 2.05) is 0 Å². The predicted molar refractivity (Wildman–Crippen MR) is 79.6 cm³/mol. The summed E-state index contributed by atoms with van der Waals surface area (Å²) in [5.41, 5.74) is 0.605. The van der Waals surface area contributed by atoms with E-state index in [1.54, 1.807) is 6.07 Å². The van der Waals surface area contributed by atoms with Gasteiger partial charge in [0, 0.05) is 32.2 Å². The maximum Gasteiger partial charge on any atom is 0.288 e. The second kappa shape index (κ2) is 7.75. The molecule has 0 radical (unpaired) electrons. The minimum absolute atomic E-state index is 0. The van der Waals surface area contributed by atoms with E-state index in [2.05, 4.69) is 10.2 Å². The molecule has 1 heterocycles. The average molecular weight is 322 g/mol. The van der Waals surface area contributed by atoms with E-state index in [4.69, 9.17) is 11.6 Å². The van der Waals surface area contributed by atoms with Gasteiger partial charge in [0.15, 0.2) is 0 Å². The molecule has 2 rings (SSSR count). The summed E-state index contributed by atoms with van der Waals surface area (Å²) in [6, 6.07) is 4.47. The molecule has 0 unspecified atom stereocenters. The van der Waals surface area contributed by atoms with Crippen molar-refractivity contribution in [1.29, 1.82) is 0 Å². The van der Waals surface area contributed by atoms with E-state index in [1.165, 1.54) is 12.1 Å². The maximum atomic E-state index is 10.9. The average Bonchev–Trinajstić information content (AvgIpc) is 2.42. The first-order valence-corrected chi connectivity index (χ1v) is 6.50. The lowest BCUT2D eigenvalue weighted by Gasteiger charge is -2.34. The van der Waals surface area contributed by atoms with Gasteiger partial charge in [0.05, 0.1) is 17.6 Å². The van der Waals surface area contributed by atoms with Crippen LogP contribution in [0.4, 0.5) is 5.69 Å². The highest BCUT2D eigenvalue weighted by molar-refractivity contribution is 6.32. The molecule has 1 atom stereocenters. The van der Waals surface area contributed by atoms with Crippen molar-refractivity contribution >= 4 is 29.7 Å². The highest BCUT2D eigenvalue weighted by Crippen LogP contribution is 2.30. The van der Waals surface area contributed by atoms with Crippen molar-refractivity contribution in [2.75, 3.05) is 32.8 Å². The van der Waals surface area contributed by atoms with Gasteiger partial charge in [-0.2, -0.15) is 0 Å². The molecule has 20 heavy (non-hydrogen) atoms. The number of hydrogen-bond acceptors (Lipinski definition) is 5. The normalized spacial score (nSPS) is 17.3. The van der Waals surface area contributed by atoms with E-state index in [-0.39, 0.29) is 35.8 Å². The second-order valence-electron chi connectivity index (χ2n) is 4.45. The maximum absolute atomic E-state index is 10.9. The van der Waals surface area contributed by atoms with Gasteiger partial charge in [0.2, 0.25) is 0 Å². The zero-order valence-corrected chi connectivity index (χ0v) is 12.4. The summed E-state index contributed by atoms with van der Waals surface area (Å²) in [6.45, 7) is 3.25. The van der Waals surface area contributed by atoms with Crippen LogP contribution in [0, 0.1) is 10.1 Å². The Morgan fingerprint density at radius 3 is 2.65 bits per heavy atom. The molecule has 1 saturated heterocycles. The van der Waals surface area contributed by atoms with Gasteiger partial charge in [-0.05, 0) is 11.6 Å². The first-order chi connectivity index (χ1) is 9.13. The van der Waals surface area contributed by atoms with Crippen LogP contribution in [-0.2, 0) is 0 Å². The molecule has 1 aliphatic rings. The molecule has 0 spiro atoms. The predicted octanol–water partition coefficient (Wildman–Crippen LogP) is 1.61. The van der Waals surface area contributed by atoms with Gasteiger partial charge < -0.3 is 10.4 Å². The zero-order chi connectivity index (χ0) is 13.8. The number of hydrogen-bond donors (Lipinski definition) is 2. The Morgan fingerprint density at radius 2 is 2.10 bits per heavy atom. The van der Waals surface area contributed by atoms with Crippen LogP contribution in [0.3, 0.4) is 0 Å². The van der Waals surface area contributed by atoms with Crippen molar-refractivity contribution in [3.63, 3.8) is 0 Å². The van der Waals surface area contributed by atoms with Crippen molar-refractivity contribution in [2.45, 2.75) is 6.04 Å². The summed E-state index contributed by atoms with van der Waals surface area (Å²) in [5.74, 6) is 0. The number of nitrogens with zero attached hydrogens (tertiary/aromatic N) is 2. The zero-order valence-electron chi connectivity index (χ0n) is 10.8.